The molecule has 552 valence electrons. The summed E-state index contributed by atoms with van der Waals surface area (Å²) >= 11 is 27.6. The van der Waals surface area contributed by atoms with E-state index in [9.17, 15) is 41.9 Å². The van der Waals surface area contributed by atoms with Crippen LogP contribution in [0.2, 0.25) is 15.5 Å². The molecule has 2 fully saturated rings. The SMILES string of the molecule is CC(C)(C)c1cc(-c2ccc(C(F)(F)F)cc2)nn2cc(C(=O)N3CCNC(=O)C3(C)C)nc12.CC(C)(C)c1cc(Cl)nn2cc(C(=O)N3CCNC(=O)C3(C)C)nc12.CC(C)(C)c1cc(Cl)nn2cc(C(=O)O)nc12.COC(=O)c1cn2nc(Cl)cc(C(C)(C)C)c2n1.I.II.I[I-]I.O. The minimum atomic E-state index is -4.43. The van der Waals surface area contributed by atoms with Crippen LogP contribution >= 0.6 is 133 Å². The van der Waals surface area contributed by atoms with E-state index in [1.165, 1.54) is 60.8 Å². The largest absolute Gasteiger partial charge is 0.412 e. The van der Waals surface area contributed by atoms with Crippen LogP contribution in [0.3, 0.4) is 0 Å². The standard InChI is InChI=1S/C24H26F3N5O2.C17H22ClN5O2.C12H14ClN3O2.C11H12ClN3O2.I3.I2.HI.H2O/c1-22(2,3)16-12-17(14-6-8-15(9-7-14)24(25,26)27)30-32-13-18(29-19(16)32)20(33)31-11-10-28-21(34)23(31,4)5;1-16(2,3)10-8-12(18)21-23-9-11(20-13(10)23)14(24)22-7-6-19-15(25)17(22,4)5;1-12(2,3)7-5-9(13)15-16-6-8(11(17)18-4)14-10(7)16;1-11(2,3)6-4-8(12)14-15-5-7(10(16)17)13-9(6)15;1-3-2;1-2;;/h6-9,12-13H,10-11H2,1-5H3,(H,28,34);8-9H,6-7H2,1-5H3,(H,19,25);5-6H,1-4H3;4-5H,1-3H3,(H,16,17);;;1H;1H2/q;;;;-1;;;. The number of carboxylic acid groups (broad SMARTS) is 1. The number of hydrogen-bond donors (Lipinski definition) is 3. The number of carboxylic acids is 1. The molecule has 2 saturated heterocycles. The fourth-order valence-electron chi connectivity index (χ4n) is 10.3. The number of nitrogens with zero attached hydrogens (tertiary/aromatic N) is 14. The third-order valence-corrected chi connectivity index (χ3v) is 16.2. The first kappa shape index (κ1) is 88.9. The maximum atomic E-state index is 13.3. The van der Waals surface area contributed by atoms with E-state index in [0.29, 0.717) is 88.7 Å². The number of aromatic carboxylic acids is 1. The number of ether oxygens (including phenoxy) is 1. The van der Waals surface area contributed by atoms with Crippen molar-refractivity contribution < 1.29 is 70.5 Å². The van der Waals surface area contributed by atoms with Crippen molar-refractivity contribution in [1.29, 1.82) is 0 Å². The number of carbonyl (C=O) groups is 6. The van der Waals surface area contributed by atoms with E-state index in [0.717, 1.165) is 34.4 Å². The van der Waals surface area contributed by atoms with Gasteiger partial charge in [-0.1, -0.05) is 130 Å². The molecular weight excluding hydrogens is 2060 g/mol. The Morgan fingerprint density at radius 3 is 1.16 bits per heavy atom. The number of methoxy groups -OCH3 is 1. The monoisotopic (exact) mass is 2140 g/mol. The minimum Gasteiger partial charge on any atom is -0.412 e. The number of hydrogen-bond acceptors (Lipinski definition) is 15. The van der Waals surface area contributed by atoms with Gasteiger partial charge in [-0.2, -0.15) is 33.6 Å². The van der Waals surface area contributed by atoms with Gasteiger partial charge in [-0.05, 0) is 85.8 Å². The second-order valence-electron chi connectivity index (χ2n) is 27.6. The zero-order chi connectivity index (χ0) is 74.6. The number of alkyl halides is 3. The van der Waals surface area contributed by atoms with Crippen molar-refractivity contribution in [2.45, 2.75) is 150 Å². The number of carbonyl (C=O) groups excluding carboxylic acids is 5. The molecule has 8 aromatic heterocycles. The fourth-order valence-corrected chi connectivity index (χ4v) is 10.9. The molecule has 101 heavy (non-hydrogen) atoms. The zero-order valence-electron chi connectivity index (χ0n) is 57.9. The van der Waals surface area contributed by atoms with Gasteiger partial charge in [-0.3, -0.25) is 19.2 Å². The number of aromatic nitrogens is 12. The predicted molar refractivity (Wildman–Crippen MR) is 422 cm³/mol. The Labute approximate surface area is 666 Å². The van der Waals surface area contributed by atoms with Crippen molar-refractivity contribution in [1.82, 2.24) is 78.8 Å². The van der Waals surface area contributed by atoms with Crippen molar-refractivity contribution >= 4 is 191 Å². The average molecular weight is 2140 g/mol. The van der Waals surface area contributed by atoms with Gasteiger partial charge < -0.3 is 35.8 Å². The molecule has 37 heteroatoms. The van der Waals surface area contributed by atoms with Crippen LogP contribution in [0.4, 0.5) is 13.2 Å². The smallest absolute Gasteiger partial charge is 0.412 e. The molecule has 9 aromatic rings. The van der Waals surface area contributed by atoms with Crippen LogP contribution in [-0.4, -0.2) is 159 Å². The third-order valence-electron chi connectivity index (χ3n) is 15.6. The molecule has 0 bridgehead atoms. The van der Waals surface area contributed by atoms with E-state index >= 15 is 0 Å². The molecule has 0 radical (unpaired) electrons. The van der Waals surface area contributed by atoms with E-state index in [1.54, 1.807) is 63.1 Å². The average Bonchev–Trinajstić information content (AvgIpc) is 1.65. The van der Waals surface area contributed by atoms with E-state index in [2.05, 4.69) is 130 Å². The van der Waals surface area contributed by atoms with E-state index < -0.39 is 34.8 Å². The number of benzene rings is 1. The number of amides is 4. The summed E-state index contributed by atoms with van der Waals surface area (Å²) in [5, 5.41) is 32.3. The number of esters is 1. The molecule has 0 atom stereocenters. The number of fused-ring (bicyclic) bond motifs is 4. The van der Waals surface area contributed by atoms with Crippen LogP contribution < -0.4 is 23.9 Å². The van der Waals surface area contributed by atoms with Gasteiger partial charge in [0.05, 0.1) is 43.2 Å². The summed E-state index contributed by atoms with van der Waals surface area (Å²) in [7, 11) is 1.32. The second-order valence-corrected chi connectivity index (χ2v) is 45.0. The van der Waals surface area contributed by atoms with Gasteiger partial charge in [-0.25, -0.2) is 47.6 Å². The summed E-state index contributed by atoms with van der Waals surface area (Å²) < 4.78 is 49.5. The first-order valence-corrected chi connectivity index (χ1v) is 50.0. The van der Waals surface area contributed by atoms with Gasteiger partial charge in [0, 0.05) is 91.2 Å². The van der Waals surface area contributed by atoms with E-state index in [-0.39, 0.29) is 97.5 Å². The second kappa shape index (κ2) is 35.3. The maximum absolute atomic E-state index is 13.3. The van der Waals surface area contributed by atoms with Crippen LogP contribution in [0.5, 0.6) is 0 Å². The number of rotatable bonds is 5. The minimum absolute atomic E-state index is 0. The molecule has 10 heterocycles. The Morgan fingerprint density at radius 2 is 0.842 bits per heavy atom. The van der Waals surface area contributed by atoms with Gasteiger partial charge in [0.15, 0.2) is 34.0 Å². The van der Waals surface area contributed by atoms with Gasteiger partial charge >= 0.3 is 68.6 Å². The zero-order valence-corrected chi connectivity index (χ0v) is 73.3. The normalized spacial score (nSPS) is 14.4. The Kier molecular flexibility index (Phi) is 31.1. The summed E-state index contributed by atoms with van der Waals surface area (Å²) in [6, 6.07) is 11.8. The molecule has 4 amide bonds. The number of halogens is 12. The summed E-state index contributed by atoms with van der Waals surface area (Å²) in [6.07, 6.45) is 1.52. The Morgan fingerprint density at radius 1 is 0.545 bits per heavy atom. The van der Waals surface area contributed by atoms with Gasteiger partial charge in [0.25, 0.3) is 11.8 Å². The number of piperazine rings is 2. The van der Waals surface area contributed by atoms with Crippen molar-refractivity contribution in [2.75, 3.05) is 33.3 Å². The molecule has 2 aliphatic rings. The fraction of sp³-hybridized carbons (Fsp3) is 0.438. The summed E-state index contributed by atoms with van der Waals surface area (Å²) in [4.78, 5) is 93.5. The Balaban J connectivity index is 0.000000287. The molecular formula is C64H77Cl3F3I6N16O9-. The summed E-state index contributed by atoms with van der Waals surface area (Å²) in [5.74, 6) is -2.66. The first-order chi connectivity index (χ1) is 45.7. The van der Waals surface area contributed by atoms with E-state index in [4.69, 9.17) is 39.9 Å². The number of imidazole rings is 4. The molecule has 0 saturated carbocycles. The molecule has 1 aromatic carbocycles. The first-order valence-electron chi connectivity index (χ1n) is 30.1. The summed E-state index contributed by atoms with van der Waals surface area (Å²) in [5.41, 5.74) is 3.63. The Bertz CT molecular complexity index is 4510. The van der Waals surface area contributed by atoms with Crippen LogP contribution in [0.25, 0.3) is 33.8 Å². The molecule has 0 unspecified atom stereocenters. The summed E-state index contributed by atoms with van der Waals surface area (Å²) in [6.45, 7) is 32.6. The maximum Gasteiger partial charge on any atom is -0.412 e. The van der Waals surface area contributed by atoms with Crippen LogP contribution in [-0.2, 0) is 42.2 Å². The van der Waals surface area contributed by atoms with Crippen LogP contribution in [0.1, 0.15) is 181 Å². The predicted octanol–water partition coefficient (Wildman–Crippen LogP) is 11.3. The van der Waals surface area contributed by atoms with Gasteiger partial charge in [0.2, 0.25) is 11.8 Å². The third kappa shape index (κ3) is 21.4. The molecule has 2 aliphatic heterocycles. The van der Waals surface area contributed by atoms with Gasteiger partial charge in [0.1, 0.15) is 37.9 Å². The van der Waals surface area contributed by atoms with Crippen molar-refractivity contribution in [3.05, 3.63) is 139 Å². The van der Waals surface area contributed by atoms with E-state index in [1.807, 2.05) is 83.1 Å². The molecule has 11 rings (SSSR count). The van der Waals surface area contributed by atoms with Crippen LogP contribution in [0, 0.1) is 0 Å². The van der Waals surface area contributed by atoms with Crippen molar-refractivity contribution in [3.63, 3.8) is 0 Å². The topological polar surface area (TPSA) is 315 Å². The molecule has 0 spiro atoms. The molecule has 0 aliphatic carbocycles. The van der Waals surface area contributed by atoms with Gasteiger partial charge in [-0.15, -0.1) is 24.0 Å². The number of nitrogens with one attached hydrogen (secondary N) is 2. The Hall–Kier alpha value is -4.48. The molecule has 5 N–H and O–H groups in total. The molecule has 25 nitrogen and oxygen atoms in total. The van der Waals surface area contributed by atoms with Crippen molar-refractivity contribution in [2.24, 2.45) is 0 Å². The quantitative estimate of drug-likeness (QED) is 0.106. The van der Waals surface area contributed by atoms with Crippen molar-refractivity contribution in [3.8, 4) is 11.3 Å². The van der Waals surface area contributed by atoms with Crippen LogP contribution in [0.15, 0.2) is 73.3 Å².